The number of rotatable bonds is 6. The molecule has 5 N–H and O–H groups in total. The van der Waals surface area contributed by atoms with Gasteiger partial charge in [0, 0.05) is 18.0 Å². The molecule has 0 aliphatic carbocycles. The Kier molecular flexibility index (Phi) is 5.95. The summed E-state index contributed by atoms with van der Waals surface area (Å²) in [6, 6.07) is 4.31. The monoisotopic (exact) mass is 285 g/mol. The first kappa shape index (κ1) is 15.1. The van der Waals surface area contributed by atoms with Crippen molar-refractivity contribution in [2.45, 2.75) is 19.3 Å². The van der Waals surface area contributed by atoms with Gasteiger partial charge in [0.05, 0.1) is 5.56 Å². The van der Waals surface area contributed by atoms with Crippen LogP contribution in [0.4, 0.5) is 0 Å². The first-order valence-corrected chi connectivity index (χ1v) is 6.15. The number of halogens is 1. The fourth-order valence-corrected chi connectivity index (χ4v) is 1.64. The van der Waals surface area contributed by atoms with E-state index < -0.39 is 0 Å². The zero-order valence-corrected chi connectivity index (χ0v) is 11.0. The van der Waals surface area contributed by atoms with Crippen LogP contribution >= 0.6 is 11.6 Å². The summed E-state index contributed by atoms with van der Waals surface area (Å²) in [4.78, 5) is 11.7. The third-order valence-electron chi connectivity index (χ3n) is 2.48. The first-order chi connectivity index (χ1) is 9.04. The Morgan fingerprint density at radius 3 is 2.79 bits per heavy atom. The molecule has 1 aromatic carbocycles. The van der Waals surface area contributed by atoms with Crippen LogP contribution in [0.3, 0.4) is 0 Å². The van der Waals surface area contributed by atoms with Gasteiger partial charge >= 0.3 is 0 Å². The number of nitrogens with one attached hydrogen (secondary N) is 1. The summed E-state index contributed by atoms with van der Waals surface area (Å²) in [7, 11) is 0. The van der Waals surface area contributed by atoms with Gasteiger partial charge in [-0.25, -0.2) is 0 Å². The number of aromatic hydroxyl groups is 1. The van der Waals surface area contributed by atoms with Crippen LogP contribution in [-0.2, 0) is 0 Å². The number of nitrogens with two attached hydrogens (primary N) is 1. The average Bonchev–Trinajstić information content (AvgIpc) is 2.37. The van der Waals surface area contributed by atoms with Crippen LogP contribution in [-0.4, -0.2) is 28.6 Å². The van der Waals surface area contributed by atoms with Crippen molar-refractivity contribution in [1.82, 2.24) is 5.32 Å². The van der Waals surface area contributed by atoms with E-state index in [9.17, 15) is 9.90 Å². The van der Waals surface area contributed by atoms with Crippen molar-refractivity contribution in [2.24, 2.45) is 10.9 Å². The van der Waals surface area contributed by atoms with Gasteiger partial charge in [-0.15, -0.1) is 0 Å². The van der Waals surface area contributed by atoms with Crippen LogP contribution in [0.15, 0.2) is 23.4 Å². The Balaban J connectivity index is 2.35. The summed E-state index contributed by atoms with van der Waals surface area (Å²) in [6.07, 6.45) is 1.86. The van der Waals surface area contributed by atoms with E-state index >= 15 is 0 Å². The Labute approximate surface area is 115 Å². The van der Waals surface area contributed by atoms with E-state index in [1.54, 1.807) is 0 Å². The van der Waals surface area contributed by atoms with Crippen LogP contribution in [0.5, 0.6) is 5.75 Å². The number of carbonyl (C=O) groups is 1. The van der Waals surface area contributed by atoms with Gasteiger partial charge < -0.3 is 21.4 Å². The molecule has 1 amide bonds. The van der Waals surface area contributed by atoms with Gasteiger partial charge in [-0.1, -0.05) is 16.8 Å². The van der Waals surface area contributed by atoms with E-state index in [0.29, 0.717) is 30.8 Å². The highest BCUT2D eigenvalue weighted by Gasteiger charge is 2.10. The summed E-state index contributed by atoms with van der Waals surface area (Å²) in [5, 5.41) is 23.8. The lowest BCUT2D eigenvalue weighted by Gasteiger charge is -2.07. The minimum atomic E-state index is -0.363. The predicted molar refractivity (Wildman–Crippen MR) is 72.7 cm³/mol. The van der Waals surface area contributed by atoms with Crippen LogP contribution in [0.25, 0.3) is 0 Å². The molecule has 0 saturated carbocycles. The number of amidine groups is 1. The zero-order valence-electron chi connectivity index (χ0n) is 10.3. The molecule has 1 rings (SSSR count). The number of oxime groups is 1. The lowest BCUT2D eigenvalue weighted by molar-refractivity contribution is 0.0950. The van der Waals surface area contributed by atoms with E-state index in [2.05, 4.69) is 10.5 Å². The molecule has 0 unspecified atom stereocenters. The Morgan fingerprint density at radius 2 is 2.16 bits per heavy atom. The minimum absolute atomic E-state index is 0.151. The van der Waals surface area contributed by atoms with Gasteiger partial charge in [0.25, 0.3) is 5.91 Å². The smallest absolute Gasteiger partial charge is 0.255 e. The molecule has 0 spiro atoms. The number of carbonyl (C=O) groups excluding carboxylic acids is 1. The molecule has 1 aromatic rings. The van der Waals surface area contributed by atoms with Gasteiger partial charge in [-0.2, -0.15) is 0 Å². The fourth-order valence-electron chi connectivity index (χ4n) is 1.48. The predicted octanol–water partition coefficient (Wildman–Crippen LogP) is 1.69. The maximum absolute atomic E-state index is 11.7. The van der Waals surface area contributed by atoms with Crippen LogP contribution in [0.1, 0.15) is 29.6 Å². The van der Waals surface area contributed by atoms with Crippen molar-refractivity contribution in [3.63, 3.8) is 0 Å². The maximum atomic E-state index is 11.7. The quantitative estimate of drug-likeness (QED) is 0.210. The second-order valence-corrected chi connectivity index (χ2v) is 4.40. The van der Waals surface area contributed by atoms with Crippen molar-refractivity contribution in [2.75, 3.05) is 6.54 Å². The first-order valence-electron chi connectivity index (χ1n) is 5.77. The second kappa shape index (κ2) is 7.48. The van der Waals surface area contributed by atoms with Crippen molar-refractivity contribution >= 4 is 23.3 Å². The Hall–Kier alpha value is -1.95. The number of hydrogen-bond donors (Lipinski definition) is 4. The number of phenolic OH excluding ortho intramolecular Hbond substituents is 1. The highest BCUT2D eigenvalue weighted by atomic mass is 35.5. The number of hydrogen-bond acceptors (Lipinski definition) is 4. The summed E-state index contributed by atoms with van der Waals surface area (Å²) in [6.45, 7) is 0.444. The molecule has 104 valence electrons. The Morgan fingerprint density at radius 1 is 1.42 bits per heavy atom. The molecular formula is C12H16ClN3O3. The van der Waals surface area contributed by atoms with Gasteiger partial charge in [0.1, 0.15) is 11.6 Å². The number of phenols is 1. The second-order valence-electron chi connectivity index (χ2n) is 3.97. The molecule has 0 aliphatic heterocycles. The molecule has 0 heterocycles. The normalized spacial score (nSPS) is 11.3. The molecule has 0 aromatic heterocycles. The van der Waals surface area contributed by atoms with E-state index in [4.69, 9.17) is 22.5 Å². The summed E-state index contributed by atoms with van der Waals surface area (Å²) < 4.78 is 0. The maximum Gasteiger partial charge on any atom is 0.255 e. The van der Waals surface area contributed by atoms with E-state index in [1.807, 2.05) is 0 Å². The third-order valence-corrected chi connectivity index (χ3v) is 2.71. The standard InChI is InChI=1S/C12H16ClN3O3/c13-8-4-5-9(10(17)7-8)12(18)15-6-2-1-3-11(14)16-19/h4-5,7,17,19H,1-3,6H2,(H2,14,16)(H,15,18). The summed E-state index contributed by atoms with van der Waals surface area (Å²) in [5.74, 6) is -0.346. The highest BCUT2D eigenvalue weighted by molar-refractivity contribution is 6.30. The molecule has 0 radical (unpaired) electrons. The molecule has 7 heteroatoms. The average molecular weight is 286 g/mol. The number of benzene rings is 1. The molecule has 19 heavy (non-hydrogen) atoms. The molecule has 0 saturated heterocycles. The summed E-state index contributed by atoms with van der Waals surface area (Å²) >= 11 is 5.68. The molecular weight excluding hydrogens is 270 g/mol. The number of amides is 1. The number of nitrogens with zero attached hydrogens (tertiary/aromatic N) is 1. The van der Waals surface area contributed by atoms with Crippen molar-refractivity contribution in [1.29, 1.82) is 0 Å². The van der Waals surface area contributed by atoms with E-state index in [1.165, 1.54) is 18.2 Å². The SMILES string of the molecule is NC(CCCCNC(=O)c1ccc(Cl)cc1O)=NO. The molecule has 0 aliphatic rings. The van der Waals surface area contributed by atoms with Crippen LogP contribution in [0, 0.1) is 0 Å². The van der Waals surface area contributed by atoms with Crippen molar-refractivity contribution in [3.8, 4) is 5.75 Å². The van der Waals surface area contributed by atoms with Gasteiger partial charge in [0.2, 0.25) is 0 Å². The van der Waals surface area contributed by atoms with Crippen molar-refractivity contribution < 1.29 is 15.1 Å². The zero-order chi connectivity index (χ0) is 14.3. The third kappa shape index (κ3) is 5.05. The van der Waals surface area contributed by atoms with Gasteiger partial charge in [-0.05, 0) is 31.0 Å². The van der Waals surface area contributed by atoms with Crippen molar-refractivity contribution in [3.05, 3.63) is 28.8 Å². The molecule has 0 bridgehead atoms. The van der Waals surface area contributed by atoms with E-state index in [-0.39, 0.29) is 23.1 Å². The van der Waals surface area contributed by atoms with Gasteiger partial charge in [0.15, 0.2) is 0 Å². The number of unbranched alkanes of at least 4 members (excludes halogenated alkanes) is 1. The molecule has 6 nitrogen and oxygen atoms in total. The topological polar surface area (TPSA) is 108 Å². The Bertz CT molecular complexity index is 477. The van der Waals surface area contributed by atoms with Gasteiger partial charge in [-0.3, -0.25) is 4.79 Å². The molecule has 0 fully saturated rings. The minimum Gasteiger partial charge on any atom is -0.507 e. The summed E-state index contributed by atoms with van der Waals surface area (Å²) in [5.41, 5.74) is 5.49. The lowest BCUT2D eigenvalue weighted by atomic mass is 10.2. The fraction of sp³-hybridized carbons (Fsp3) is 0.333. The molecule has 0 atom stereocenters. The van der Waals surface area contributed by atoms with Crippen LogP contribution in [0.2, 0.25) is 5.02 Å². The van der Waals surface area contributed by atoms with Crippen LogP contribution < -0.4 is 11.1 Å². The van der Waals surface area contributed by atoms with E-state index in [0.717, 1.165) is 0 Å². The highest BCUT2D eigenvalue weighted by Crippen LogP contribution is 2.21. The largest absolute Gasteiger partial charge is 0.507 e. The lowest BCUT2D eigenvalue weighted by Crippen LogP contribution is -2.24.